The first-order chi connectivity index (χ1) is 17.3. The molecule has 0 spiro atoms. The van der Waals surface area contributed by atoms with Crippen molar-refractivity contribution in [3.05, 3.63) is 65.4 Å². The van der Waals surface area contributed by atoms with Crippen molar-refractivity contribution in [2.75, 3.05) is 6.61 Å². The molecule has 1 fully saturated rings. The van der Waals surface area contributed by atoms with E-state index in [4.69, 9.17) is 14.2 Å². The largest absolute Gasteiger partial charge is 0.422 e. The average Bonchev–Trinajstić information content (AvgIpc) is 3.36. The first kappa shape index (κ1) is 26.3. The Morgan fingerprint density at radius 1 is 1.14 bits per heavy atom. The third-order valence-corrected chi connectivity index (χ3v) is 6.41. The van der Waals surface area contributed by atoms with Crippen molar-refractivity contribution < 1.29 is 39.4 Å². The van der Waals surface area contributed by atoms with E-state index < -0.39 is 43.3 Å². The van der Waals surface area contributed by atoms with Gasteiger partial charge in [-0.25, -0.2) is 4.79 Å². The average molecular weight is 500 g/mol. The number of hydrogen-bond donors (Lipinski definition) is 5. The van der Waals surface area contributed by atoms with Gasteiger partial charge in [-0.1, -0.05) is 50.2 Å². The maximum atomic E-state index is 13.3. The minimum Gasteiger partial charge on any atom is -0.422 e. The van der Waals surface area contributed by atoms with Gasteiger partial charge in [0.15, 0.2) is 11.9 Å². The molecule has 4 atom stereocenters. The zero-order valence-corrected chi connectivity index (χ0v) is 20.4. The lowest BCUT2D eigenvalue weighted by Crippen LogP contribution is -2.46. The predicted molar refractivity (Wildman–Crippen MR) is 131 cm³/mol. The number of rotatable bonds is 10. The Bertz CT molecular complexity index is 1180. The Morgan fingerprint density at radius 3 is 2.56 bits per heavy atom. The van der Waals surface area contributed by atoms with E-state index in [1.165, 1.54) is 0 Å². The molecular formula is C27H33NO8. The molecule has 2 aromatic carbocycles. The van der Waals surface area contributed by atoms with E-state index in [1.807, 2.05) is 48.5 Å². The van der Waals surface area contributed by atoms with Crippen molar-refractivity contribution in [2.45, 2.75) is 64.0 Å². The molecule has 2 heterocycles. The molecule has 0 saturated carbocycles. The summed E-state index contributed by atoms with van der Waals surface area (Å²) in [7, 11) is 0. The predicted octanol–water partition coefficient (Wildman–Crippen LogP) is 2.18. The third kappa shape index (κ3) is 5.46. The highest BCUT2D eigenvalue weighted by Crippen LogP contribution is 2.36. The van der Waals surface area contributed by atoms with Gasteiger partial charge in [0.1, 0.15) is 12.2 Å². The summed E-state index contributed by atoms with van der Waals surface area (Å²) >= 11 is 0. The lowest BCUT2D eigenvalue weighted by atomic mass is 10.0. The summed E-state index contributed by atoms with van der Waals surface area (Å²) < 4.78 is 16.8. The number of carbonyl (C=O) groups is 1. The molecule has 0 amide bonds. The zero-order chi connectivity index (χ0) is 25.9. The van der Waals surface area contributed by atoms with Gasteiger partial charge >= 0.3 is 5.97 Å². The molecule has 5 N–H and O–H groups in total. The molecule has 4 unspecified atom stereocenters. The van der Waals surface area contributed by atoms with E-state index in [0.717, 1.165) is 24.0 Å². The Kier molecular flexibility index (Phi) is 8.09. The molecular weight excluding hydrogens is 466 g/mol. The van der Waals surface area contributed by atoms with Crippen LogP contribution in [-0.2, 0) is 33.9 Å². The molecule has 9 heteroatoms. The molecule has 3 aromatic rings. The number of benzene rings is 2. The minimum absolute atomic E-state index is 0.0331. The van der Waals surface area contributed by atoms with Crippen LogP contribution in [0.15, 0.2) is 48.5 Å². The molecule has 1 saturated heterocycles. The van der Waals surface area contributed by atoms with Crippen LogP contribution in [0.4, 0.5) is 0 Å². The van der Waals surface area contributed by atoms with Crippen LogP contribution in [-0.4, -0.2) is 62.1 Å². The second-order valence-corrected chi connectivity index (χ2v) is 9.57. The lowest BCUT2D eigenvalue weighted by Gasteiger charge is -2.23. The number of esters is 1. The van der Waals surface area contributed by atoms with Gasteiger partial charge < -0.3 is 39.6 Å². The van der Waals surface area contributed by atoms with Crippen LogP contribution in [0.3, 0.4) is 0 Å². The maximum absolute atomic E-state index is 13.3. The van der Waals surface area contributed by atoms with Crippen LogP contribution in [0.25, 0.3) is 10.9 Å². The number of carbonyl (C=O) groups excluding carboxylic acids is 1. The van der Waals surface area contributed by atoms with Crippen LogP contribution in [0.5, 0.6) is 5.75 Å². The number of aromatic amines is 1. The number of fused-ring (bicyclic) bond motifs is 1. The number of aromatic nitrogens is 1. The minimum atomic E-state index is -2.39. The van der Waals surface area contributed by atoms with Crippen molar-refractivity contribution in [2.24, 2.45) is 5.92 Å². The Hall–Kier alpha value is -2.79. The molecule has 194 valence electrons. The van der Waals surface area contributed by atoms with Gasteiger partial charge in [-0.2, -0.15) is 0 Å². The quantitative estimate of drug-likeness (QED) is 0.267. The SMILES string of the molecule is CC(C)CCc1ccc2[nH]c(CO)c(OC(=O)C3OC(O)(CO)C(O)C3OCc3ccccc3)c2c1. The third-order valence-electron chi connectivity index (χ3n) is 6.41. The number of aryl methyl sites for hydroxylation is 1. The number of H-pyrrole nitrogens is 1. The number of nitrogens with one attached hydrogen (secondary N) is 1. The number of aliphatic hydroxyl groups is 4. The topological polar surface area (TPSA) is 141 Å². The number of hydrogen-bond acceptors (Lipinski definition) is 8. The molecule has 1 aliphatic rings. The Labute approximate surface area is 209 Å². The van der Waals surface area contributed by atoms with Crippen LogP contribution in [0.2, 0.25) is 0 Å². The van der Waals surface area contributed by atoms with E-state index in [-0.39, 0.29) is 12.4 Å². The highest BCUT2D eigenvalue weighted by atomic mass is 16.7. The van der Waals surface area contributed by atoms with E-state index >= 15 is 0 Å². The smallest absolute Gasteiger partial charge is 0.343 e. The van der Waals surface area contributed by atoms with Gasteiger partial charge in [0.25, 0.3) is 0 Å². The summed E-state index contributed by atoms with van der Waals surface area (Å²) in [6.45, 7) is 2.97. The van der Waals surface area contributed by atoms with Crippen LogP contribution < -0.4 is 4.74 Å². The van der Waals surface area contributed by atoms with E-state index in [0.29, 0.717) is 22.5 Å². The molecule has 0 aliphatic carbocycles. The Balaban J connectivity index is 1.59. The van der Waals surface area contributed by atoms with E-state index in [9.17, 15) is 25.2 Å². The summed E-state index contributed by atoms with van der Waals surface area (Å²) in [5, 5.41) is 41.3. The monoisotopic (exact) mass is 499 g/mol. The molecule has 36 heavy (non-hydrogen) atoms. The van der Waals surface area contributed by atoms with Gasteiger partial charge in [-0.3, -0.25) is 0 Å². The molecule has 4 rings (SSSR count). The number of ether oxygens (including phenoxy) is 3. The van der Waals surface area contributed by atoms with Gasteiger partial charge in [-0.15, -0.1) is 0 Å². The van der Waals surface area contributed by atoms with Gasteiger partial charge in [-0.05, 0) is 42.0 Å². The maximum Gasteiger partial charge on any atom is 0.343 e. The van der Waals surface area contributed by atoms with Crippen LogP contribution in [0.1, 0.15) is 37.1 Å². The summed E-state index contributed by atoms with van der Waals surface area (Å²) in [5.41, 5.74) is 2.83. The normalized spacial score (nSPS) is 24.0. The van der Waals surface area contributed by atoms with Crippen molar-refractivity contribution in [1.29, 1.82) is 0 Å². The summed E-state index contributed by atoms with van der Waals surface area (Å²) in [5.74, 6) is -2.65. The first-order valence-electron chi connectivity index (χ1n) is 12.1. The summed E-state index contributed by atoms with van der Waals surface area (Å²) in [4.78, 5) is 16.3. The van der Waals surface area contributed by atoms with Gasteiger partial charge in [0.2, 0.25) is 5.79 Å². The highest BCUT2D eigenvalue weighted by molar-refractivity contribution is 5.91. The van der Waals surface area contributed by atoms with Crippen molar-refractivity contribution in [1.82, 2.24) is 4.98 Å². The number of aliphatic hydroxyl groups excluding tert-OH is 3. The van der Waals surface area contributed by atoms with Gasteiger partial charge in [0, 0.05) is 10.9 Å². The fourth-order valence-electron chi connectivity index (χ4n) is 4.30. The fourth-order valence-corrected chi connectivity index (χ4v) is 4.30. The van der Waals surface area contributed by atoms with E-state index in [1.54, 1.807) is 0 Å². The second-order valence-electron chi connectivity index (χ2n) is 9.57. The second kappa shape index (κ2) is 11.1. The molecule has 1 aromatic heterocycles. The van der Waals surface area contributed by atoms with Crippen molar-refractivity contribution in [3.8, 4) is 5.75 Å². The van der Waals surface area contributed by atoms with Crippen LogP contribution >= 0.6 is 0 Å². The first-order valence-corrected chi connectivity index (χ1v) is 12.1. The Morgan fingerprint density at radius 2 is 1.89 bits per heavy atom. The lowest BCUT2D eigenvalue weighted by molar-refractivity contribution is -0.246. The molecule has 0 radical (unpaired) electrons. The standard InChI is InChI=1S/C27H33NO8/c1-16(2)8-9-17-10-11-20-19(12-17)22(21(13-29)28-20)35-26(32)24-23(25(31)27(33,15-30)36-24)34-14-18-6-4-3-5-7-18/h3-7,10-12,16,23-25,28-31,33H,8-9,13-15H2,1-2H3. The fraction of sp³-hybridized carbons (Fsp3) is 0.444. The van der Waals surface area contributed by atoms with Crippen molar-refractivity contribution >= 4 is 16.9 Å². The van der Waals surface area contributed by atoms with Crippen molar-refractivity contribution in [3.63, 3.8) is 0 Å². The molecule has 9 nitrogen and oxygen atoms in total. The van der Waals surface area contributed by atoms with Crippen LogP contribution in [0, 0.1) is 5.92 Å². The highest BCUT2D eigenvalue weighted by Gasteiger charge is 2.57. The molecule has 1 aliphatic heterocycles. The summed E-state index contributed by atoms with van der Waals surface area (Å²) in [6.07, 6.45) is -2.70. The van der Waals surface area contributed by atoms with Gasteiger partial charge in [0.05, 0.1) is 25.5 Å². The van der Waals surface area contributed by atoms with E-state index in [2.05, 4.69) is 18.8 Å². The zero-order valence-electron chi connectivity index (χ0n) is 20.4. The summed E-state index contributed by atoms with van der Waals surface area (Å²) in [6, 6.07) is 14.9. The molecule has 0 bridgehead atoms.